The normalized spacial score (nSPS) is 32.0. The van der Waals surface area contributed by atoms with E-state index < -0.39 is 36.6 Å². The fourth-order valence-corrected chi connectivity index (χ4v) is 2.35. The summed E-state index contributed by atoms with van der Waals surface area (Å²) in [6.45, 7) is 2.45. The Bertz CT molecular complexity index is 328. The molecule has 0 unspecified atom stereocenters. The van der Waals surface area contributed by atoms with Gasteiger partial charge in [0.2, 0.25) is 0 Å². The first-order valence-corrected chi connectivity index (χ1v) is 7.78. The van der Waals surface area contributed by atoms with E-state index in [1.54, 1.807) is 0 Å². The molecular weight excluding hydrogens is 294 g/mol. The van der Waals surface area contributed by atoms with Crippen molar-refractivity contribution in [3.63, 3.8) is 0 Å². The predicted molar refractivity (Wildman–Crippen MR) is 75.9 cm³/mol. The lowest BCUT2D eigenvalue weighted by atomic mass is 9.98. The average molecular weight is 321 g/mol. The van der Waals surface area contributed by atoms with Crippen molar-refractivity contribution >= 4 is 5.91 Å². The van der Waals surface area contributed by atoms with Gasteiger partial charge < -0.3 is 24.8 Å². The van der Waals surface area contributed by atoms with E-state index in [1.165, 1.54) is 24.7 Å². The van der Waals surface area contributed by atoms with Crippen LogP contribution in [0.2, 0.25) is 0 Å². The second-order valence-electron chi connectivity index (χ2n) is 5.51. The van der Waals surface area contributed by atoms with Crippen LogP contribution in [-0.4, -0.2) is 63.7 Å². The maximum Gasteiger partial charge on any atom is 0.275 e. The number of nitrogens with one attached hydrogen (secondary N) is 1. The Kier molecular flexibility index (Phi) is 8.84. The molecule has 5 N–H and O–H groups in total. The summed E-state index contributed by atoms with van der Waals surface area (Å²) in [6.07, 6.45) is -1.03. The zero-order valence-electron chi connectivity index (χ0n) is 12.9. The number of unbranched alkanes of at least 4 members (excludes halogenated alkanes) is 5. The number of hydrogen-bond donors (Lipinski definition) is 5. The number of hydroxylamine groups is 1. The largest absolute Gasteiger partial charge is 0.387 e. The van der Waals surface area contributed by atoms with Crippen molar-refractivity contribution in [2.45, 2.75) is 76.2 Å². The number of rotatable bonds is 9. The highest BCUT2D eigenvalue weighted by molar-refractivity contribution is 5.80. The van der Waals surface area contributed by atoms with E-state index in [0.717, 1.165) is 19.3 Å². The summed E-state index contributed by atoms with van der Waals surface area (Å²) in [4.78, 5) is 11.4. The summed E-state index contributed by atoms with van der Waals surface area (Å²) in [5.74, 6) is -1.01. The van der Waals surface area contributed by atoms with Crippen LogP contribution in [0.5, 0.6) is 0 Å². The molecule has 0 aromatic rings. The van der Waals surface area contributed by atoms with Crippen molar-refractivity contribution in [2.24, 2.45) is 0 Å². The standard InChI is InChI=1S/C14H27NO7/c1-2-3-4-5-6-7-8-21-14-11(18)9(16)10(17)12(22-14)13(19)15-20/h9-12,14,16-18,20H,2-8H2,1H3,(H,15,19)/t9-,10-,11+,12-,14+/m0/s1. The maximum atomic E-state index is 11.4. The van der Waals surface area contributed by atoms with Gasteiger partial charge in [0, 0.05) is 6.61 Å². The summed E-state index contributed by atoms with van der Waals surface area (Å²) >= 11 is 0. The lowest BCUT2D eigenvalue weighted by Gasteiger charge is -2.39. The lowest BCUT2D eigenvalue weighted by molar-refractivity contribution is -0.291. The fourth-order valence-electron chi connectivity index (χ4n) is 2.35. The molecule has 1 aliphatic rings. The molecule has 0 aromatic carbocycles. The SMILES string of the molecule is CCCCCCCCO[C@@H]1O[C@H](C(=O)NO)[C@@H](O)[C@H](O)[C@H]1O. The zero-order valence-corrected chi connectivity index (χ0v) is 12.9. The summed E-state index contributed by atoms with van der Waals surface area (Å²) < 4.78 is 10.5. The van der Waals surface area contributed by atoms with Gasteiger partial charge >= 0.3 is 0 Å². The van der Waals surface area contributed by atoms with Crippen LogP contribution in [-0.2, 0) is 14.3 Å². The van der Waals surface area contributed by atoms with Gasteiger partial charge in [0.25, 0.3) is 5.91 Å². The molecule has 1 rings (SSSR count). The third kappa shape index (κ3) is 5.45. The molecule has 130 valence electrons. The summed E-state index contributed by atoms with van der Waals surface area (Å²) in [7, 11) is 0. The van der Waals surface area contributed by atoms with Gasteiger partial charge in [0.1, 0.15) is 18.3 Å². The highest BCUT2D eigenvalue weighted by Crippen LogP contribution is 2.22. The molecule has 1 fully saturated rings. The van der Waals surface area contributed by atoms with Crippen LogP contribution in [0, 0.1) is 0 Å². The van der Waals surface area contributed by atoms with E-state index in [9.17, 15) is 20.1 Å². The van der Waals surface area contributed by atoms with E-state index in [4.69, 9.17) is 14.7 Å². The minimum Gasteiger partial charge on any atom is -0.387 e. The van der Waals surface area contributed by atoms with Gasteiger partial charge in [-0.05, 0) is 6.42 Å². The van der Waals surface area contributed by atoms with Crippen molar-refractivity contribution in [2.75, 3.05) is 6.61 Å². The number of ether oxygens (including phenoxy) is 2. The zero-order chi connectivity index (χ0) is 16.5. The number of hydrogen-bond acceptors (Lipinski definition) is 7. The van der Waals surface area contributed by atoms with Crippen LogP contribution in [0.1, 0.15) is 45.4 Å². The van der Waals surface area contributed by atoms with Crippen LogP contribution < -0.4 is 5.48 Å². The van der Waals surface area contributed by atoms with Crippen LogP contribution in [0.25, 0.3) is 0 Å². The third-order valence-corrected chi connectivity index (χ3v) is 3.72. The van der Waals surface area contributed by atoms with Crippen molar-refractivity contribution in [1.29, 1.82) is 0 Å². The maximum absolute atomic E-state index is 11.4. The van der Waals surface area contributed by atoms with Crippen LogP contribution in [0.3, 0.4) is 0 Å². The molecule has 8 heteroatoms. The van der Waals surface area contributed by atoms with Crippen molar-refractivity contribution < 1.29 is 34.8 Å². The third-order valence-electron chi connectivity index (χ3n) is 3.72. The number of carbonyl (C=O) groups is 1. The van der Waals surface area contributed by atoms with E-state index in [1.807, 2.05) is 0 Å². The molecule has 22 heavy (non-hydrogen) atoms. The van der Waals surface area contributed by atoms with Gasteiger partial charge in [-0.3, -0.25) is 10.0 Å². The number of aliphatic hydroxyl groups is 3. The summed E-state index contributed by atoms with van der Waals surface area (Å²) in [6, 6.07) is 0. The molecule has 0 saturated carbocycles. The van der Waals surface area contributed by atoms with Crippen molar-refractivity contribution in [3.05, 3.63) is 0 Å². The van der Waals surface area contributed by atoms with Crippen LogP contribution in [0.4, 0.5) is 0 Å². The molecule has 0 aliphatic carbocycles. The Morgan fingerprint density at radius 2 is 1.68 bits per heavy atom. The van der Waals surface area contributed by atoms with E-state index in [0.29, 0.717) is 6.61 Å². The first-order chi connectivity index (χ1) is 10.5. The Morgan fingerprint density at radius 3 is 2.32 bits per heavy atom. The molecule has 0 radical (unpaired) electrons. The van der Waals surface area contributed by atoms with Crippen molar-refractivity contribution in [3.8, 4) is 0 Å². The highest BCUT2D eigenvalue weighted by atomic mass is 16.7. The first kappa shape index (κ1) is 19.3. The number of carbonyl (C=O) groups excluding carboxylic acids is 1. The van der Waals surface area contributed by atoms with E-state index >= 15 is 0 Å². The minimum atomic E-state index is -1.64. The predicted octanol–water partition coefficient (Wildman–Crippen LogP) is -0.323. The quantitative estimate of drug-likeness (QED) is 0.223. The summed E-state index contributed by atoms with van der Waals surface area (Å²) in [5.41, 5.74) is 1.34. The Hall–Kier alpha value is -0.770. The molecule has 1 heterocycles. The van der Waals surface area contributed by atoms with Gasteiger partial charge in [-0.1, -0.05) is 39.0 Å². The molecule has 0 aromatic heterocycles. The van der Waals surface area contributed by atoms with Gasteiger partial charge in [0.05, 0.1) is 0 Å². The minimum absolute atomic E-state index is 0.310. The Balaban J connectivity index is 2.36. The Morgan fingerprint density at radius 1 is 1.05 bits per heavy atom. The van der Waals surface area contributed by atoms with Gasteiger partial charge in [-0.2, -0.15) is 0 Å². The lowest BCUT2D eigenvalue weighted by Crippen LogP contribution is -2.61. The topological polar surface area (TPSA) is 128 Å². The van der Waals surface area contributed by atoms with Crippen LogP contribution >= 0.6 is 0 Å². The van der Waals surface area contributed by atoms with Crippen LogP contribution in [0.15, 0.2) is 0 Å². The second kappa shape index (κ2) is 10.1. The van der Waals surface area contributed by atoms with Crippen molar-refractivity contribution in [1.82, 2.24) is 5.48 Å². The van der Waals surface area contributed by atoms with Gasteiger partial charge in [0.15, 0.2) is 12.4 Å². The smallest absolute Gasteiger partial charge is 0.275 e. The van der Waals surface area contributed by atoms with E-state index in [-0.39, 0.29) is 0 Å². The molecular formula is C14H27NO7. The number of aliphatic hydroxyl groups excluding tert-OH is 3. The average Bonchev–Trinajstić information content (AvgIpc) is 2.53. The number of amides is 1. The molecule has 8 nitrogen and oxygen atoms in total. The monoisotopic (exact) mass is 321 g/mol. The molecule has 1 aliphatic heterocycles. The van der Waals surface area contributed by atoms with Gasteiger partial charge in [-0.15, -0.1) is 0 Å². The second-order valence-corrected chi connectivity index (χ2v) is 5.51. The molecule has 5 atom stereocenters. The van der Waals surface area contributed by atoms with E-state index in [2.05, 4.69) is 6.92 Å². The fraction of sp³-hybridized carbons (Fsp3) is 0.929. The molecule has 0 bridgehead atoms. The highest BCUT2D eigenvalue weighted by Gasteiger charge is 2.47. The molecule has 1 amide bonds. The molecule has 1 saturated heterocycles. The Labute approximate surface area is 130 Å². The van der Waals surface area contributed by atoms with Gasteiger partial charge in [-0.25, -0.2) is 5.48 Å². The molecule has 0 spiro atoms. The summed E-state index contributed by atoms with van der Waals surface area (Å²) in [5, 5.41) is 37.7. The first-order valence-electron chi connectivity index (χ1n) is 7.78.